The summed E-state index contributed by atoms with van der Waals surface area (Å²) in [7, 11) is 0. The lowest BCUT2D eigenvalue weighted by molar-refractivity contribution is 0.0530. The third-order valence-electron chi connectivity index (χ3n) is 6.18. The van der Waals surface area contributed by atoms with Crippen LogP contribution in [0.2, 0.25) is 5.02 Å². The number of hydrogen-bond acceptors (Lipinski definition) is 5. The van der Waals surface area contributed by atoms with Crippen molar-refractivity contribution in [1.82, 2.24) is 10.6 Å². The zero-order valence-electron chi connectivity index (χ0n) is 21.9. The highest BCUT2D eigenvalue weighted by atomic mass is 35.5. The second-order valence-electron chi connectivity index (χ2n) is 10.2. The molecule has 0 spiro atoms. The molecule has 1 aliphatic rings. The molecule has 0 fully saturated rings. The van der Waals surface area contributed by atoms with E-state index in [2.05, 4.69) is 16.0 Å². The second-order valence-corrected chi connectivity index (χ2v) is 10.6. The minimum atomic E-state index is -1.18. The third kappa shape index (κ3) is 6.54. The van der Waals surface area contributed by atoms with Gasteiger partial charge >= 0.3 is 12.2 Å². The molecule has 0 bridgehead atoms. The van der Waals surface area contributed by atoms with Crippen LogP contribution in [0.25, 0.3) is 11.1 Å². The van der Waals surface area contributed by atoms with E-state index in [0.717, 1.165) is 5.56 Å². The number of alkyl carbamates (subject to hydrolysis) is 1. The Morgan fingerprint density at radius 3 is 2.46 bits per heavy atom. The van der Waals surface area contributed by atoms with Crippen molar-refractivity contribution < 1.29 is 28.6 Å². The maximum atomic E-state index is 15.5. The minimum absolute atomic E-state index is 0.0171. The van der Waals surface area contributed by atoms with E-state index in [1.807, 2.05) is 30.3 Å². The summed E-state index contributed by atoms with van der Waals surface area (Å²) in [6.45, 7) is 5.86. The van der Waals surface area contributed by atoms with Crippen LogP contribution in [0.1, 0.15) is 31.9 Å². The molecule has 3 aromatic carbocycles. The lowest BCUT2D eigenvalue weighted by Crippen LogP contribution is -2.43. The zero-order chi connectivity index (χ0) is 28.2. The van der Waals surface area contributed by atoms with Gasteiger partial charge in [0.15, 0.2) is 5.60 Å². The maximum absolute atomic E-state index is 15.5. The van der Waals surface area contributed by atoms with Gasteiger partial charge in [0.05, 0.1) is 6.54 Å². The normalized spacial score (nSPS) is 16.1. The summed E-state index contributed by atoms with van der Waals surface area (Å²) in [5.41, 5.74) is 0.984. The highest BCUT2D eigenvalue weighted by Crippen LogP contribution is 2.49. The van der Waals surface area contributed by atoms with Crippen molar-refractivity contribution in [3.05, 3.63) is 82.6 Å². The van der Waals surface area contributed by atoms with E-state index >= 15 is 4.39 Å². The number of carbonyl (C=O) groups is 2. The van der Waals surface area contributed by atoms with E-state index in [1.54, 1.807) is 45.0 Å². The van der Waals surface area contributed by atoms with Crippen LogP contribution in [0.4, 0.5) is 19.7 Å². The fourth-order valence-corrected chi connectivity index (χ4v) is 4.87. The third-order valence-corrected chi connectivity index (χ3v) is 6.50. The predicted octanol–water partition coefficient (Wildman–Crippen LogP) is 6.18. The Kier molecular flexibility index (Phi) is 8.20. The molecule has 1 aliphatic heterocycles. The van der Waals surface area contributed by atoms with Crippen molar-refractivity contribution in [2.24, 2.45) is 0 Å². The van der Waals surface area contributed by atoms with E-state index < -0.39 is 29.2 Å². The molecule has 0 saturated carbocycles. The lowest BCUT2D eigenvalue weighted by atomic mass is 9.86. The first-order valence-corrected chi connectivity index (χ1v) is 12.9. The SMILES string of the molecule is CC(C)(C)OC(=O)NCCNc1cccc(F)c1-c1c(Cl)ccc2c1CC(CNC(=O)O)(c1ccccc1)O2. The minimum Gasteiger partial charge on any atom is -0.480 e. The van der Waals surface area contributed by atoms with E-state index in [4.69, 9.17) is 21.1 Å². The molecule has 39 heavy (non-hydrogen) atoms. The number of halogens is 2. The number of hydrogen-bond donors (Lipinski definition) is 4. The number of fused-ring (bicyclic) bond motifs is 1. The standard InChI is InChI=1S/C29H31ClFN3O5/c1-28(2,3)39-27(37)33-15-14-32-22-11-7-10-21(31)25(22)24-19-16-29(17-34-26(35)36,18-8-5-4-6-9-18)38-23(19)13-12-20(24)30/h4-13,32,34H,14-17H2,1-3H3,(H,33,37)(H,35,36). The van der Waals surface area contributed by atoms with Crippen molar-refractivity contribution in [1.29, 1.82) is 0 Å². The van der Waals surface area contributed by atoms with E-state index in [-0.39, 0.29) is 25.1 Å². The van der Waals surface area contributed by atoms with Crippen LogP contribution < -0.4 is 20.7 Å². The van der Waals surface area contributed by atoms with E-state index in [9.17, 15) is 14.7 Å². The first-order chi connectivity index (χ1) is 18.5. The van der Waals surface area contributed by atoms with Gasteiger partial charge in [-0.15, -0.1) is 0 Å². The summed E-state index contributed by atoms with van der Waals surface area (Å²) >= 11 is 6.68. The molecule has 0 radical (unpaired) electrons. The van der Waals surface area contributed by atoms with Crippen molar-refractivity contribution in [3.8, 4) is 16.9 Å². The quantitative estimate of drug-likeness (QED) is 0.247. The molecule has 4 N–H and O–H groups in total. The van der Waals surface area contributed by atoms with Crippen LogP contribution >= 0.6 is 11.6 Å². The number of carboxylic acid groups (broad SMARTS) is 1. The summed E-state index contributed by atoms with van der Waals surface area (Å²) in [5.74, 6) is 0.00232. The van der Waals surface area contributed by atoms with Gasteiger partial charge < -0.3 is 30.5 Å². The number of amides is 2. The van der Waals surface area contributed by atoms with Crippen molar-refractivity contribution in [3.63, 3.8) is 0 Å². The molecule has 1 unspecified atom stereocenters. The van der Waals surface area contributed by atoms with Gasteiger partial charge in [-0.05, 0) is 50.6 Å². The summed E-state index contributed by atoms with van der Waals surface area (Å²) < 4.78 is 27.1. The topological polar surface area (TPSA) is 109 Å². The molecule has 0 saturated heterocycles. The fraction of sp³-hybridized carbons (Fsp3) is 0.310. The van der Waals surface area contributed by atoms with Gasteiger partial charge in [-0.1, -0.05) is 48.0 Å². The average Bonchev–Trinajstić information content (AvgIpc) is 3.26. The summed E-state index contributed by atoms with van der Waals surface area (Å²) in [5, 5.41) is 17.9. The Morgan fingerprint density at radius 2 is 1.77 bits per heavy atom. The van der Waals surface area contributed by atoms with Crippen LogP contribution in [0, 0.1) is 5.82 Å². The summed E-state index contributed by atoms with van der Waals surface area (Å²) in [4.78, 5) is 23.4. The molecule has 4 rings (SSSR count). The number of nitrogens with one attached hydrogen (secondary N) is 3. The smallest absolute Gasteiger partial charge is 0.407 e. The van der Waals surface area contributed by atoms with Crippen molar-refractivity contribution in [2.45, 2.75) is 38.4 Å². The molecule has 2 amide bonds. The Bertz CT molecular complexity index is 1360. The van der Waals surface area contributed by atoms with Gasteiger partial charge in [-0.3, -0.25) is 0 Å². The first kappa shape index (κ1) is 28.0. The molecule has 206 valence electrons. The fourth-order valence-electron chi connectivity index (χ4n) is 4.60. The van der Waals surface area contributed by atoms with Gasteiger partial charge in [-0.2, -0.15) is 0 Å². The Labute approximate surface area is 231 Å². The number of rotatable bonds is 8. The maximum Gasteiger partial charge on any atom is 0.407 e. The molecular weight excluding hydrogens is 525 g/mol. The Morgan fingerprint density at radius 1 is 1.03 bits per heavy atom. The zero-order valence-corrected chi connectivity index (χ0v) is 22.7. The molecule has 8 nitrogen and oxygen atoms in total. The number of benzene rings is 3. The molecule has 10 heteroatoms. The van der Waals surface area contributed by atoms with Crippen molar-refractivity contribution >= 4 is 29.5 Å². The van der Waals surface area contributed by atoms with Crippen LogP contribution in [0.15, 0.2) is 60.7 Å². The molecular formula is C29H31ClFN3O5. The van der Waals surface area contributed by atoms with E-state index in [0.29, 0.717) is 34.1 Å². The van der Waals surface area contributed by atoms with Gasteiger partial charge in [-0.25, -0.2) is 14.0 Å². The van der Waals surface area contributed by atoms with Crippen molar-refractivity contribution in [2.75, 3.05) is 25.0 Å². The Balaban J connectivity index is 1.65. The molecule has 1 atom stereocenters. The van der Waals surface area contributed by atoms with Gasteiger partial charge in [0, 0.05) is 46.9 Å². The van der Waals surface area contributed by atoms with Crippen LogP contribution in [0.3, 0.4) is 0 Å². The molecule has 0 aliphatic carbocycles. The van der Waals surface area contributed by atoms with Gasteiger partial charge in [0.1, 0.15) is 17.2 Å². The number of anilines is 1. The lowest BCUT2D eigenvalue weighted by Gasteiger charge is -2.29. The Hall–Kier alpha value is -3.98. The monoisotopic (exact) mass is 555 g/mol. The summed E-state index contributed by atoms with van der Waals surface area (Å²) in [6, 6.07) is 17.3. The van der Waals surface area contributed by atoms with Gasteiger partial charge in [0.25, 0.3) is 0 Å². The molecule has 1 heterocycles. The van der Waals surface area contributed by atoms with Gasteiger partial charge in [0.2, 0.25) is 0 Å². The second kappa shape index (κ2) is 11.4. The number of ether oxygens (including phenoxy) is 2. The van der Waals surface area contributed by atoms with Crippen LogP contribution in [0.5, 0.6) is 5.75 Å². The predicted molar refractivity (Wildman–Crippen MR) is 148 cm³/mol. The summed E-state index contributed by atoms with van der Waals surface area (Å²) in [6.07, 6.45) is -1.46. The highest BCUT2D eigenvalue weighted by molar-refractivity contribution is 6.33. The van der Waals surface area contributed by atoms with Crippen LogP contribution in [-0.4, -0.2) is 42.5 Å². The molecule has 0 aromatic heterocycles. The highest BCUT2D eigenvalue weighted by Gasteiger charge is 2.43. The molecule has 3 aromatic rings. The van der Waals surface area contributed by atoms with E-state index in [1.165, 1.54) is 6.07 Å². The van der Waals surface area contributed by atoms with Crippen LogP contribution in [-0.2, 0) is 16.8 Å². The first-order valence-electron chi connectivity index (χ1n) is 12.5. The largest absolute Gasteiger partial charge is 0.480 e. The average molecular weight is 556 g/mol. The number of carbonyl (C=O) groups excluding carboxylic acids is 1.